The number of carbonyl (C=O) groups excluding carboxylic acids is 1. The number of alkyl halides is 3. The zero-order valence-electron chi connectivity index (χ0n) is 12.5. The Balaban J connectivity index is 1.85. The van der Waals surface area contributed by atoms with Gasteiger partial charge in [-0.15, -0.1) is 0 Å². The molecule has 2 rings (SSSR count). The lowest BCUT2D eigenvalue weighted by atomic mass is 10.1. The summed E-state index contributed by atoms with van der Waals surface area (Å²) in [6.07, 6.45) is -2.92. The van der Waals surface area contributed by atoms with Crippen molar-refractivity contribution in [2.24, 2.45) is 0 Å². The van der Waals surface area contributed by atoms with Crippen molar-refractivity contribution in [2.75, 3.05) is 6.61 Å². The van der Waals surface area contributed by atoms with Crippen molar-refractivity contribution in [3.8, 4) is 0 Å². The Morgan fingerprint density at radius 1 is 1.12 bits per heavy atom. The molecule has 2 N–H and O–H groups in total. The van der Waals surface area contributed by atoms with E-state index in [1.165, 1.54) is 12.3 Å². The maximum Gasteiger partial charge on any atom is 0.411 e. The second-order valence-corrected chi connectivity index (χ2v) is 5.02. The van der Waals surface area contributed by atoms with E-state index in [-0.39, 0.29) is 18.7 Å². The van der Waals surface area contributed by atoms with Crippen molar-refractivity contribution < 1.29 is 22.7 Å². The zero-order chi connectivity index (χ0) is 17.6. The molecule has 128 valence electrons. The van der Waals surface area contributed by atoms with Gasteiger partial charge in [0, 0.05) is 12.7 Å². The number of pyridine rings is 1. The Kier molecular flexibility index (Phi) is 5.75. The molecule has 1 aromatic heterocycles. The Morgan fingerprint density at radius 2 is 1.79 bits per heavy atom. The van der Waals surface area contributed by atoms with Gasteiger partial charge in [-0.2, -0.15) is 13.2 Å². The van der Waals surface area contributed by atoms with Crippen LogP contribution in [0.4, 0.5) is 13.2 Å². The molecular weight excluding hydrogens is 325 g/mol. The molecule has 0 atom stereocenters. The fraction of sp³-hybridized carbons (Fsp3) is 0.250. The highest BCUT2D eigenvalue weighted by Crippen LogP contribution is 2.15. The van der Waals surface area contributed by atoms with Crippen LogP contribution in [0.3, 0.4) is 0 Å². The van der Waals surface area contributed by atoms with Gasteiger partial charge in [0.1, 0.15) is 12.2 Å². The highest BCUT2D eigenvalue weighted by Gasteiger charge is 2.27. The molecule has 0 fully saturated rings. The van der Waals surface area contributed by atoms with E-state index in [0.29, 0.717) is 5.56 Å². The highest BCUT2D eigenvalue weighted by molar-refractivity contribution is 5.93. The maximum atomic E-state index is 12.0. The highest BCUT2D eigenvalue weighted by atomic mass is 19.4. The molecule has 5 nitrogen and oxygen atoms in total. The fourth-order valence-electron chi connectivity index (χ4n) is 1.92. The number of nitrogens with one attached hydrogen (secondary N) is 2. The van der Waals surface area contributed by atoms with Gasteiger partial charge in [0.05, 0.1) is 6.61 Å². The number of carbonyl (C=O) groups is 1. The molecule has 0 aliphatic carbocycles. The summed E-state index contributed by atoms with van der Waals surface area (Å²) in [5, 5.41) is 2.60. The molecule has 0 saturated carbocycles. The summed E-state index contributed by atoms with van der Waals surface area (Å²) in [5.41, 5.74) is 0.867. The average Bonchev–Trinajstić information content (AvgIpc) is 2.53. The monoisotopic (exact) mass is 340 g/mol. The SMILES string of the molecule is O=C(NCc1ccc(COCC(F)(F)F)cc1)c1ccc[nH]c1=O. The number of aromatic amines is 1. The minimum Gasteiger partial charge on any atom is -0.367 e. The second-order valence-electron chi connectivity index (χ2n) is 5.02. The van der Waals surface area contributed by atoms with Crippen LogP contribution >= 0.6 is 0 Å². The van der Waals surface area contributed by atoms with Gasteiger partial charge in [-0.3, -0.25) is 9.59 Å². The van der Waals surface area contributed by atoms with Crippen LogP contribution in [0.1, 0.15) is 21.5 Å². The number of ether oxygens (including phenoxy) is 1. The summed E-state index contributed by atoms with van der Waals surface area (Å²) in [5.74, 6) is -0.505. The van der Waals surface area contributed by atoms with Gasteiger partial charge in [0.2, 0.25) is 0 Å². The number of hydrogen-bond acceptors (Lipinski definition) is 3. The fourth-order valence-corrected chi connectivity index (χ4v) is 1.92. The normalized spacial score (nSPS) is 11.3. The smallest absolute Gasteiger partial charge is 0.367 e. The van der Waals surface area contributed by atoms with E-state index >= 15 is 0 Å². The van der Waals surface area contributed by atoms with E-state index in [0.717, 1.165) is 5.56 Å². The molecule has 1 amide bonds. The number of hydrogen-bond donors (Lipinski definition) is 2. The van der Waals surface area contributed by atoms with Crippen molar-refractivity contribution in [3.05, 3.63) is 69.6 Å². The largest absolute Gasteiger partial charge is 0.411 e. The number of rotatable bonds is 6. The van der Waals surface area contributed by atoms with Crippen molar-refractivity contribution in [1.82, 2.24) is 10.3 Å². The zero-order valence-corrected chi connectivity index (χ0v) is 12.5. The predicted octanol–water partition coefficient (Wildman–Crippen LogP) is 2.38. The number of halogens is 3. The predicted molar refractivity (Wildman–Crippen MR) is 80.4 cm³/mol. The first-order valence-corrected chi connectivity index (χ1v) is 7.03. The molecule has 0 aliphatic heterocycles. The van der Waals surface area contributed by atoms with Crippen LogP contribution in [0.2, 0.25) is 0 Å². The van der Waals surface area contributed by atoms with E-state index in [9.17, 15) is 22.8 Å². The topological polar surface area (TPSA) is 71.2 Å². The molecule has 0 spiro atoms. The van der Waals surface area contributed by atoms with Crippen molar-refractivity contribution in [2.45, 2.75) is 19.3 Å². The summed E-state index contributed by atoms with van der Waals surface area (Å²) in [6.45, 7) is -1.25. The molecule has 2 aromatic rings. The van der Waals surface area contributed by atoms with Gasteiger partial charge in [0.25, 0.3) is 11.5 Å². The Hall–Kier alpha value is -2.61. The molecular formula is C16H15F3N2O3. The van der Waals surface area contributed by atoms with Gasteiger partial charge in [0.15, 0.2) is 0 Å². The van der Waals surface area contributed by atoms with E-state index < -0.39 is 24.2 Å². The third-order valence-electron chi connectivity index (χ3n) is 3.07. The lowest BCUT2D eigenvalue weighted by molar-refractivity contribution is -0.176. The van der Waals surface area contributed by atoms with E-state index in [4.69, 9.17) is 0 Å². The van der Waals surface area contributed by atoms with Gasteiger partial charge in [-0.05, 0) is 23.3 Å². The number of amides is 1. The Bertz CT molecular complexity index is 739. The standard InChI is InChI=1S/C16H15F3N2O3/c17-16(18,19)10-24-9-12-5-3-11(4-6-12)8-21-15(23)13-2-1-7-20-14(13)22/h1-7H,8-10H2,(H,20,22)(H,21,23). The first-order valence-electron chi connectivity index (χ1n) is 7.03. The first-order chi connectivity index (χ1) is 11.3. The molecule has 1 heterocycles. The maximum absolute atomic E-state index is 12.0. The van der Waals surface area contributed by atoms with Crippen LogP contribution in [-0.4, -0.2) is 23.7 Å². The van der Waals surface area contributed by atoms with Crippen LogP contribution in [0.15, 0.2) is 47.4 Å². The second kappa shape index (κ2) is 7.78. The van der Waals surface area contributed by atoms with Crippen LogP contribution in [0.5, 0.6) is 0 Å². The molecule has 1 aromatic carbocycles. The van der Waals surface area contributed by atoms with Gasteiger partial charge < -0.3 is 15.0 Å². The molecule has 0 saturated heterocycles. The van der Waals surface area contributed by atoms with Crippen molar-refractivity contribution in [1.29, 1.82) is 0 Å². The summed E-state index contributed by atoms with van der Waals surface area (Å²) in [4.78, 5) is 25.8. The van der Waals surface area contributed by atoms with E-state index in [1.54, 1.807) is 30.3 Å². The average molecular weight is 340 g/mol. The van der Waals surface area contributed by atoms with Crippen LogP contribution in [-0.2, 0) is 17.9 Å². The van der Waals surface area contributed by atoms with Crippen LogP contribution in [0.25, 0.3) is 0 Å². The molecule has 0 aliphatic rings. The summed E-state index contributed by atoms with van der Waals surface area (Å²) < 4.78 is 40.5. The van der Waals surface area contributed by atoms with E-state index in [1.807, 2.05) is 0 Å². The Morgan fingerprint density at radius 3 is 2.42 bits per heavy atom. The first kappa shape index (κ1) is 17.7. The Labute approximate surface area is 135 Å². The third kappa shape index (κ3) is 5.54. The third-order valence-corrected chi connectivity index (χ3v) is 3.07. The number of H-pyrrole nitrogens is 1. The summed E-state index contributed by atoms with van der Waals surface area (Å²) in [6, 6.07) is 9.53. The minimum atomic E-state index is -4.35. The van der Waals surface area contributed by atoms with E-state index in [2.05, 4.69) is 15.0 Å². The lowest BCUT2D eigenvalue weighted by Crippen LogP contribution is -2.28. The number of aromatic nitrogens is 1. The van der Waals surface area contributed by atoms with Gasteiger partial charge >= 0.3 is 6.18 Å². The molecule has 0 radical (unpaired) electrons. The minimum absolute atomic E-state index is 0.00895. The summed E-state index contributed by atoms with van der Waals surface area (Å²) in [7, 11) is 0. The lowest BCUT2D eigenvalue weighted by Gasteiger charge is -2.09. The van der Waals surface area contributed by atoms with Crippen molar-refractivity contribution >= 4 is 5.91 Å². The van der Waals surface area contributed by atoms with Crippen molar-refractivity contribution in [3.63, 3.8) is 0 Å². The van der Waals surface area contributed by atoms with Gasteiger partial charge in [-0.1, -0.05) is 24.3 Å². The van der Waals surface area contributed by atoms with Gasteiger partial charge in [-0.25, -0.2) is 0 Å². The molecule has 8 heteroatoms. The summed E-state index contributed by atoms with van der Waals surface area (Å²) >= 11 is 0. The van der Waals surface area contributed by atoms with Crippen LogP contribution < -0.4 is 10.9 Å². The molecule has 0 unspecified atom stereocenters. The molecule has 24 heavy (non-hydrogen) atoms. The molecule has 0 bridgehead atoms. The van der Waals surface area contributed by atoms with Crippen LogP contribution in [0, 0.1) is 0 Å². The number of benzene rings is 1. The quantitative estimate of drug-likeness (QED) is 0.848.